The summed E-state index contributed by atoms with van der Waals surface area (Å²) in [5.74, 6) is 0. The third kappa shape index (κ3) is 3.71. The lowest BCUT2D eigenvalue weighted by atomic mass is 10.1. The minimum absolute atomic E-state index is 0.332. The molecule has 1 unspecified atom stereocenters. The van der Waals surface area contributed by atoms with Gasteiger partial charge in [0.25, 0.3) is 0 Å². The molecule has 0 heterocycles. The van der Waals surface area contributed by atoms with Crippen molar-refractivity contribution in [3.8, 4) is 0 Å². The number of aryl methyl sites for hydroxylation is 1. The molecule has 4 nitrogen and oxygen atoms in total. The molecule has 0 saturated carbocycles. The Bertz CT molecular complexity index is 498. The van der Waals surface area contributed by atoms with E-state index in [0.717, 1.165) is 24.1 Å². The Balaban J connectivity index is 3.02. The average Bonchev–Trinajstić information content (AvgIpc) is 2.31. The van der Waals surface area contributed by atoms with Crippen LogP contribution in [0.15, 0.2) is 23.1 Å². The van der Waals surface area contributed by atoms with Crippen LogP contribution in [0.4, 0.5) is 5.69 Å². The van der Waals surface area contributed by atoms with E-state index in [1.165, 1.54) is 7.05 Å². The fourth-order valence-corrected chi connectivity index (χ4v) is 2.87. The molecule has 1 rings (SSSR count). The summed E-state index contributed by atoms with van der Waals surface area (Å²) in [5.41, 5.74) is 1.59. The first-order chi connectivity index (χ1) is 8.40. The van der Waals surface area contributed by atoms with E-state index in [4.69, 9.17) is 0 Å². The molecule has 0 amide bonds. The van der Waals surface area contributed by atoms with Gasteiger partial charge >= 0.3 is 0 Å². The van der Waals surface area contributed by atoms with Crippen LogP contribution in [0.5, 0.6) is 0 Å². The van der Waals surface area contributed by atoms with E-state index in [9.17, 15) is 8.42 Å². The van der Waals surface area contributed by atoms with Crippen molar-refractivity contribution in [2.75, 3.05) is 12.4 Å². The Morgan fingerprint density at radius 2 is 2.00 bits per heavy atom. The predicted octanol–water partition coefficient (Wildman–Crippen LogP) is 2.50. The van der Waals surface area contributed by atoms with Gasteiger partial charge in [0.2, 0.25) is 10.0 Å². The maximum Gasteiger partial charge on any atom is 0.240 e. The Morgan fingerprint density at radius 1 is 1.33 bits per heavy atom. The number of hydrogen-bond donors (Lipinski definition) is 2. The molecule has 5 heteroatoms. The van der Waals surface area contributed by atoms with Gasteiger partial charge in [0.1, 0.15) is 0 Å². The zero-order valence-corrected chi connectivity index (χ0v) is 12.3. The Kier molecular flexibility index (Phi) is 5.16. The van der Waals surface area contributed by atoms with Gasteiger partial charge < -0.3 is 5.32 Å². The number of anilines is 1. The summed E-state index contributed by atoms with van der Waals surface area (Å²) < 4.78 is 26.0. The van der Waals surface area contributed by atoms with Gasteiger partial charge in [-0.3, -0.25) is 0 Å². The molecule has 0 aromatic heterocycles. The first-order valence-electron chi connectivity index (χ1n) is 6.21. The molecule has 0 spiro atoms. The number of rotatable bonds is 6. The van der Waals surface area contributed by atoms with Gasteiger partial charge in [0.15, 0.2) is 0 Å². The minimum atomic E-state index is -3.39. The van der Waals surface area contributed by atoms with Crippen LogP contribution in [0.25, 0.3) is 0 Å². The highest BCUT2D eigenvalue weighted by atomic mass is 32.2. The van der Waals surface area contributed by atoms with Crippen molar-refractivity contribution >= 4 is 15.7 Å². The lowest BCUT2D eigenvalue weighted by Gasteiger charge is -2.16. The zero-order chi connectivity index (χ0) is 13.8. The second kappa shape index (κ2) is 6.20. The van der Waals surface area contributed by atoms with Gasteiger partial charge in [0.05, 0.1) is 4.90 Å². The molecule has 0 saturated heterocycles. The van der Waals surface area contributed by atoms with E-state index in [1.807, 2.05) is 12.1 Å². The fourth-order valence-electron chi connectivity index (χ4n) is 1.88. The summed E-state index contributed by atoms with van der Waals surface area (Å²) in [6.07, 6.45) is 2.16. The molecule has 0 aliphatic rings. The van der Waals surface area contributed by atoms with E-state index < -0.39 is 10.0 Å². The molecule has 0 aliphatic heterocycles. The largest absolute Gasteiger partial charge is 0.383 e. The van der Waals surface area contributed by atoms with Gasteiger partial charge in [0, 0.05) is 11.7 Å². The summed E-state index contributed by atoms with van der Waals surface area (Å²) in [5, 5.41) is 3.31. The highest BCUT2D eigenvalue weighted by Crippen LogP contribution is 2.20. The van der Waals surface area contributed by atoms with Crippen LogP contribution < -0.4 is 10.0 Å². The maximum atomic E-state index is 11.8. The lowest BCUT2D eigenvalue weighted by Crippen LogP contribution is -2.20. The van der Waals surface area contributed by atoms with Gasteiger partial charge in [-0.25, -0.2) is 13.1 Å². The van der Waals surface area contributed by atoms with Crippen molar-refractivity contribution < 1.29 is 8.42 Å². The van der Waals surface area contributed by atoms with E-state index in [0.29, 0.717) is 10.9 Å². The SMILES string of the molecule is CCCC(C)Nc1ccc(C)c(S(=O)(=O)NC)c1. The fraction of sp³-hybridized carbons (Fsp3) is 0.538. The molecule has 18 heavy (non-hydrogen) atoms. The third-order valence-electron chi connectivity index (χ3n) is 2.88. The lowest BCUT2D eigenvalue weighted by molar-refractivity contribution is 0.587. The highest BCUT2D eigenvalue weighted by Gasteiger charge is 2.15. The van der Waals surface area contributed by atoms with Crippen molar-refractivity contribution in [3.05, 3.63) is 23.8 Å². The summed E-state index contributed by atoms with van der Waals surface area (Å²) in [7, 11) is -1.96. The highest BCUT2D eigenvalue weighted by molar-refractivity contribution is 7.89. The van der Waals surface area contributed by atoms with Crippen LogP contribution in [0.2, 0.25) is 0 Å². The van der Waals surface area contributed by atoms with Crippen LogP contribution in [0.1, 0.15) is 32.3 Å². The Morgan fingerprint density at radius 3 is 2.56 bits per heavy atom. The number of benzene rings is 1. The summed E-state index contributed by atoms with van der Waals surface area (Å²) >= 11 is 0. The molecule has 1 atom stereocenters. The first-order valence-corrected chi connectivity index (χ1v) is 7.69. The Hall–Kier alpha value is -1.07. The molecular weight excluding hydrogens is 248 g/mol. The van der Waals surface area contributed by atoms with E-state index in [2.05, 4.69) is 23.9 Å². The van der Waals surface area contributed by atoms with Crippen molar-refractivity contribution in [3.63, 3.8) is 0 Å². The molecule has 102 valence electrons. The second-order valence-corrected chi connectivity index (χ2v) is 6.38. The van der Waals surface area contributed by atoms with Crippen molar-refractivity contribution in [2.45, 2.75) is 44.6 Å². The molecule has 0 fully saturated rings. The summed E-state index contributed by atoms with van der Waals surface area (Å²) in [4.78, 5) is 0.332. The molecule has 1 aromatic rings. The number of sulfonamides is 1. The topological polar surface area (TPSA) is 58.2 Å². The molecule has 2 N–H and O–H groups in total. The van der Waals surface area contributed by atoms with E-state index in [1.54, 1.807) is 13.0 Å². The van der Waals surface area contributed by atoms with E-state index >= 15 is 0 Å². The van der Waals surface area contributed by atoms with Crippen LogP contribution in [0.3, 0.4) is 0 Å². The van der Waals surface area contributed by atoms with Crippen LogP contribution in [0, 0.1) is 6.92 Å². The average molecular weight is 270 g/mol. The van der Waals surface area contributed by atoms with Gasteiger partial charge in [-0.2, -0.15) is 0 Å². The smallest absolute Gasteiger partial charge is 0.240 e. The van der Waals surface area contributed by atoms with Crippen molar-refractivity contribution in [1.82, 2.24) is 4.72 Å². The van der Waals surface area contributed by atoms with Gasteiger partial charge in [-0.05, 0) is 45.0 Å². The second-order valence-electron chi connectivity index (χ2n) is 4.52. The van der Waals surface area contributed by atoms with Gasteiger partial charge in [-0.1, -0.05) is 19.4 Å². The maximum absolute atomic E-state index is 11.8. The normalized spacial score (nSPS) is 13.3. The monoisotopic (exact) mass is 270 g/mol. The third-order valence-corrected chi connectivity index (χ3v) is 4.44. The first kappa shape index (κ1) is 15.0. The quantitative estimate of drug-likeness (QED) is 0.835. The van der Waals surface area contributed by atoms with E-state index in [-0.39, 0.29) is 0 Å². The predicted molar refractivity (Wildman–Crippen MR) is 75.4 cm³/mol. The van der Waals surface area contributed by atoms with Crippen LogP contribution in [-0.4, -0.2) is 21.5 Å². The number of hydrogen-bond acceptors (Lipinski definition) is 3. The molecule has 1 aromatic carbocycles. The molecule has 0 radical (unpaired) electrons. The van der Waals surface area contributed by atoms with Gasteiger partial charge in [-0.15, -0.1) is 0 Å². The van der Waals surface area contributed by atoms with Crippen molar-refractivity contribution in [1.29, 1.82) is 0 Å². The molecular formula is C13H22N2O2S. The molecule has 0 bridgehead atoms. The zero-order valence-electron chi connectivity index (χ0n) is 11.4. The van der Waals surface area contributed by atoms with Crippen LogP contribution in [-0.2, 0) is 10.0 Å². The van der Waals surface area contributed by atoms with Crippen molar-refractivity contribution in [2.24, 2.45) is 0 Å². The van der Waals surface area contributed by atoms with Crippen LogP contribution >= 0.6 is 0 Å². The number of nitrogens with one attached hydrogen (secondary N) is 2. The minimum Gasteiger partial charge on any atom is -0.383 e. The molecule has 0 aliphatic carbocycles. The summed E-state index contributed by atoms with van der Waals surface area (Å²) in [6.45, 7) is 6.02. The Labute approximate surface area is 110 Å². The standard InChI is InChI=1S/C13H22N2O2S/c1-5-6-11(3)15-12-8-7-10(2)13(9-12)18(16,17)14-4/h7-9,11,14-15H,5-6H2,1-4H3. The summed E-state index contributed by atoms with van der Waals surface area (Å²) in [6, 6.07) is 5.76.